The summed E-state index contributed by atoms with van der Waals surface area (Å²) in [5.41, 5.74) is 1.03. The van der Waals surface area contributed by atoms with Gasteiger partial charge in [-0.25, -0.2) is 10.9 Å². The number of nitrogens with two attached hydrogens (primary N) is 1. The normalized spacial score (nSPS) is 14.1. The smallest absolute Gasteiger partial charge is 0.268 e. The fourth-order valence-electron chi connectivity index (χ4n) is 3.34. The van der Waals surface area contributed by atoms with E-state index >= 15 is 0 Å². The number of nitrogens with zero attached hydrogens (tertiary/aromatic N) is 1. The van der Waals surface area contributed by atoms with Gasteiger partial charge in [0.1, 0.15) is 18.5 Å². The molecule has 2 aromatic rings. The van der Waals surface area contributed by atoms with E-state index in [9.17, 15) is 14.4 Å². The molecule has 0 saturated carbocycles. The Hall–Kier alpha value is -3.54. The predicted molar refractivity (Wildman–Crippen MR) is 155 cm³/mol. The largest absolute Gasteiger partial charge is 0.497 e. The molecule has 0 aromatic heterocycles. The monoisotopic (exact) mass is 547 g/mol. The lowest BCUT2D eigenvalue weighted by Crippen LogP contribution is -2.48. The van der Waals surface area contributed by atoms with Crippen LogP contribution >= 0.6 is 8.29 Å². The van der Waals surface area contributed by atoms with Crippen LogP contribution in [0, 0.1) is 0 Å². The quantitative estimate of drug-likeness (QED) is 0.105. The van der Waals surface area contributed by atoms with Crippen LogP contribution in [0.1, 0.15) is 11.6 Å². The molecule has 0 aliphatic carbocycles. The number of carbonyl (C=O) groups excluding carboxylic acids is 3. The van der Waals surface area contributed by atoms with E-state index in [0.717, 1.165) is 5.01 Å². The van der Waals surface area contributed by atoms with E-state index in [1.165, 1.54) is 24.3 Å². The van der Waals surface area contributed by atoms with E-state index in [4.69, 9.17) is 15.3 Å². The highest BCUT2D eigenvalue weighted by molar-refractivity contribution is 8.62. The number of nitrogens with one attached hydrogen (secondary N) is 3. The molecule has 2 rings (SSSR count). The summed E-state index contributed by atoms with van der Waals surface area (Å²) in [4.78, 5) is 39.0. The lowest BCUT2D eigenvalue weighted by Gasteiger charge is -2.66. The molecule has 0 heterocycles. The third-order valence-electron chi connectivity index (χ3n) is 5.54. The molecule has 0 fully saturated rings. The summed E-state index contributed by atoms with van der Waals surface area (Å²) in [7, 11) is 0.574. The number of benzene rings is 2. The van der Waals surface area contributed by atoms with Crippen molar-refractivity contribution in [2.45, 2.75) is 10.9 Å². The maximum Gasteiger partial charge on any atom is 0.268 e. The molecule has 10 nitrogen and oxygen atoms in total. The van der Waals surface area contributed by atoms with Crippen LogP contribution in [-0.2, 0) is 19.1 Å². The summed E-state index contributed by atoms with van der Waals surface area (Å²) in [6, 6.07) is 13.3. The van der Waals surface area contributed by atoms with Crippen molar-refractivity contribution in [2.75, 3.05) is 63.8 Å². The van der Waals surface area contributed by atoms with E-state index in [0.29, 0.717) is 17.0 Å². The fourth-order valence-corrected chi connectivity index (χ4v) is 4.83. The van der Waals surface area contributed by atoms with Gasteiger partial charge in [0.2, 0.25) is 11.8 Å². The average Bonchev–Trinajstić information content (AvgIpc) is 2.86. The summed E-state index contributed by atoms with van der Waals surface area (Å²) in [5.74, 6) is 5.50. The first-order valence-corrected chi connectivity index (χ1v) is 16.3. The average molecular weight is 548 g/mol. The molecular weight excluding hydrogens is 506 g/mol. The van der Waals surface area contributed by atoms with E-state index in [-0.39, 0.29) is 19.2 Å². The Kier molecular flexibility index (Phi) is 9.25. The van der Waals surface area contributed by atoms with Gasteiger partial charge in [-0.15, -0.1) is 0 Å². The number of hydrazine groups is 1. The van der Waals surface area contributed by atoms with Crippen molar-refractivity contribution >= 4 is 31.7 Å². The maximum atomic E-state index is 13.5. The molecule has 0 aliphatic rings. The number of rotatable bonds is 12. The second-order valence-electron chi connectivity index (χ2n) is 11.8. The van der Waals surface area contributed by atoms with E-state index in [2.05, 4.69) is 47.2 Å². The van der Waals surface area contributed by atoms with Crippen LogP contribution in [0.2, 0.25) is 0 Å². The minimum absolute atomic E-state index is 0.0724. The molecule has 0 spiro atoms. The molecule has 5 N–H and O–H groups in total. The molecule has 38 heavy (non-hydrogen) atoms. The number of methoxy groups -OCH3 is 2. The Labute approximate surface area is 224 Å². The number of carbonyl (C=O) groups is 3. The van der Waals surface area contributed by atoms with Crippen molar-refractivity contribution in [2.24, 2.45) is 5.84 Å². The molecule has 2 aromatic carbocycles. The van der Waals surface area contributed by atoms with Gasteiger partial charge in [0.15, 0.2) is 0 Å². The summed E-state index contributed by atoms with van der Waals surface area (Å²) in [5, 5.41) is 8.98. The van der Waals surface area contributed by atoms with Gasteiger partial charge >= 0.3 is 0 Å². The second kappa shape index (κ2) is 11.5. The first kappa shape index (κ1) is 30.7. The second-order valence-corrected chi connectivity index (χ2v) is 22.4. The number of anilines is 1. The summed E-state index contributed by atoms with van der Waals surface area (Å²) < 4.78 is 9.97. The standard InChI is InChI=1S/C27H41N5O5S/c1-36-19-30-24(33)16-17-29-18-25(34)31-26(20-8-12-22(37-2)13-9-20)27(35)32(28)21-10-14-23(15-11-21)38(3,4,5,6)7/h8-17,26,29H,18-19,28H2,1-7H3,(H,30,33)(H,31,34)/b17-16-/t26-/m1/s1. The van der Waals surface area contributed by atoms with Crippen LogP contribution in [0.15, 0.2) is 65.7 Å². The van der Waals surface area contributed by atoms with Crippen LogP contribution in [0.4, 0.5) is 5.69 Å². The zero-order valence-corrected chi connectivity index (χ0v) is 24.1. The van der Waals surface area contributed by atoms with Crippen molar-refractivity contribution in [3.63, 3.8) is 0 Å². The van der Waals surface area contributed by atoms with E-state index in [1.807, 2.05) is 24.3 Å². The van der Waals surface area contributed by atoms with Crippen LogP contribution in [0.3, 0.4) is 0 Å². The molecule has 0 bridgehead atoms. The van der Waals surface area contributed by atoms with Crippen molar-refractivity contribution in [1.82, 2.24) is 16.0 Å². The zero-order chi connectivity index (χ0) is 28.6. The van der Waals surface area contributed by atoms with E-state index in [1.54, 1.807) is 31.4 Å². The molecule has 0 aliphatic heterocycles. The van der Waals surface area contributed by atoms with Crippen molar-refractivity contribution in [3.8, 4) is 5.75 Å². The molecular formula is C27H41N5O5S. The first-order valence-electron chi connectivity index (χ1n) is 11.9. The van der Waals surface area contributed by atoms with Crippen LogP contribution in [0.5, 0.6) is 5.75 Å². The van der Waals surface area contributed by atoms with Gasteiger partial charge < -0.3 is 25.4 Å². The Morgan fingerprint density at radius 3 is 2.11 bits per heavy atom. The Morgan fingerprint density at radius 1 is 0.974 bits per heavy atom. The third kappa shape index (κ3) is 9.09. The fraction of sp³-hybridized carbons (Fsp3) is 0.370. The predicted octanol–water partition coefficient (Wildman–Crippen LogP) is 1.97. The Morgan fingerprint density at radius 2 is 1.58 bits per heavy atom. The van der Waals surface area contributed by atoms with Gasteiger partial charge in [-0.05, 0) is 78.1 Å². The SMILES string of the molecule is COCNC(=O)/C=C\NCC(=O)N[C@@H](C(=O)N(N)c1ccc(S(C)(C)(C)(C)C)cc1)c1ccc(OC)cc1. The number of ether oxygens (including phenoxy) is 2. The van der Waals surface area contributed by atoms with Gasteiger partial charge in [0.05, 0.1) is 19.3 Å². The highest BCUT2D eigenvalue weighted by atomic mass is 32.4. The van der Waals surface area contributed by atoms with Crippen molar-refractivity contribution < 1.29 is 23.9 Å². The van der Waals surface area contributed by atoms with Gasteiger partial charge in [0, 0.05) is 19.4 Å². The maximum absolute atomic E-state index is 13.5. The van der Waals surface area contributed by atoms with Crippen molar-refractivity contribution in [1.29, 1.82) is 0 Å². The van der Waals surface area contributed by atoms with Crippen LogP contribution in [0.25, 0.3) is 0 Å². The number of hydrogen-bond donors (Lipinski definition) is 4. The Bertz CT molecular complexity index is 1160. The van der Waals surface area contributed by atoms with Crippen molar-refractivity contribution in [3.05, 3.63) is 66.4 Å². The molecule has 0 radical (unpaired) electrons. The lowest BCUT2D eigenvalue weighted by molar-refractivity contribution is -0.127. The zero-order valence-electron chi connectivity index (χ0n) is 23.2. The topological polar surface area (TPSA) is 135 Å². The van der Waals surface area contributed by atoms with Crippen LogP contribution < -0.4 is 31.5 Å². The lowest BCUT2D eigenvalue weighted by atomic mass is 10.1. The molecule has 0 unspecified atom stereocenters. The summed E-state index contributed by atoms with van der Waals surface area (Å²) in [6.45, 7) is -0.0971. The van der Waals surface area contributed by atoms with Gasteiger partial charge in [0.25, 0.3) is 5.91 Å². The highest BCUT2D eigenvalue weighted by Crippen LogP contribution is 2.81. The van der Waals surface area contributed by atoms with Crippen LogP contribution in [-0.4, -0.2) is 76.5 Å². The van der Waals surface area contributed by atoms with Gasteiger partial charge in [-0.2, -0.15) is 0 Å². The molecule has 11 heteroatoms. The minimum atomic E-state index is -2.42. The minimum Gasteiger partial charge on any atom is -0.497 e. The number of amides is 3. The first-order chi connectivity index (χ1) is 17.5. The number of hydrogen-bond acceptors (Lipinski definition) is 7. The third-order valence-corrected chi connectivity index (χ3v) is 8.17. The highest BCUT2D eigenvalue weighted by Gasteiger charge is 2.39. The summed E-state index contributed by atoms with van der Waals surface area (Å²) in [6.07, 6.45) is 13.8. The van der Waals surface area contributed by atoms with Gasteiger partial charge in [-0.1, -0.05) is 12.1 Å². The van der Waals surface area contributed by atoms with E-state index < -0.39 is 26.2 Å². The van der Waals surface area contributed by atoms with Gasteiger partial charge in [-0.3, -0.25) is 22.7 Å². The Balaban J connectivity index is 2.21. The molecule has 0 saturated heterocycles. The molecule has 3 amide bonds. The summed E-state index contributed by atoms with van der Waals surface area (Å²) >= 11 is 0. The molecule has 1 atom stereocenters. The molecule has 210 valence electrons.